The maximum absolute atomic E-state index is 12.4. The zero-order valence-corrected chi connectivity index (χ0v) is 13.3. The minimum atomic E-state index is 0.000717. The highest BCUT2D eigenvalue weighted by Crippen LogP contribution is 2.63. The topological polar surface area (TPSA) is 17.1 Å². The van der Waals surface area contributed by atoms with Crippen LogP contribution in [-0.2, 0) is 4.79 Å². The van der Waals surface area contributed by atoms with Crippen molar-refractivity contribution in [3.8, 4) is 0 Å². The van der Waals surface area contributed by atoms with Crippen molar-refractivity contribution < 1.29 is 4.79 Å². The molecule has 0 aromatic rings. The van der Waals surface area contributed by atoms with Gasteiger partial charge >= 0.3 is 0 Å². The Morgan fingerprint density at radius 2 is 1.95 bits per heavy atom. The maximum atomic E-state index is 12.4. The highest BCUT2D eigenvalue weighted by molar-refractivity contribution is 5.87. The predicted octanol–water partition coefficient (Wildman–Crippen LogP) is 4.85. The van der Waals surface area contributed by atoms with Crippen molar-refractivity contribution in [2.45, 2.75) is 52.4 Å². The van der Waals surface area contributed by atoms with E-state index in [1.165, 1.54) is 19.3 Å². The summed E-state index contributed by atoms with van der Waals surface area (Å²) in [5, 5.41) is 0. The van der Waals surface area contributed by atoms with Crippen LogP contribution in [0.25, 0.3) is 0 Å². The molecule has 0 bridgehead atoms. The van der Waals surface area contributed by atoms with Gasteiger partial charge in [-0.3, -0.25) is 4.79 Å². The summed E-state index contributed by atoms with van der Waals surface area (Å²) in [5.41, 5.74) is 2.96. The Morgan fingerprint density at radius 1 is 1.14 bits per heavy atom. The number of carbonyl (C=O) groups is 1. The molecule has 4 rings (SSSR count). The molecule has 0 heterocycles. The molecule has 0 aromatic carbocycles. The summed E-state index contributed by atoms with van der Waals surface area (Å²) in [5.74, 6) is 2.66. The van der Waals surface area contributed by atoms with E-state index >= 15 is 0 Å². The highest BCUT2D eigenvalue weighted by atomic mass is 16.1. The molecule has 4 aliphatic carbocycles. The number of carbonyl (C=O) groups excluding carboxylic acids is 1. The molecule has 0 N–H and O–H groups in total. The third-order valence-corrected chi connectivity index (χ3v) is 7.36. The third kappa shape index (κ3) is 1.67. The van der Waals surface area contributed by atoms with Gasteiger partial charge in [-0.2, -0.15) is 0 Å². The summed E-state index contributed by atoms with van der Waals surface area (Å²) >= 11 is 0. The molecular formula is C20H26O. The quantitative estimate of drug-likeness (QED) is 0.620. The molecule has 3 saturated carbocycles. The van der Waals surface area contributed by atoms with Gasteiger partial charge in [0.2, 0.25) is 0 Å². The molecule has 0 amide bonds. The standard InChI is InChI=1S/C20H26O/c1-13-8-10-19(2)14(12-13)4-5-15-16-6-7-18(21)20(16,3)11-9-17(15)19/h8,10,12,15-17H,1,4-7,9,11H2,2-3H3. The second-order valence-electron chi connectivity index (χ2n) is 8.19. The minimum Gasteiger partial charge on any atom is -0.299 e. The minimum absolute atomic E-state index is 0.000717. The van der Waals surface area contributed by atoms with E-state index in [0.717, 1.165) is 36.7 Å². The van der Waals surface area contributed by atoms with Crippen LogP contribution in [0.1, 0.15) is 52.4 Å². The molecule has 0 aliphatic heterocycles. The molecule has 3 fully saturated rings. The number of hydrogen-bond acceptors (Lipinski definition) is 1. The van der Waals surface area contributed by atoms with E-state index in [-0.39, 0.29) is 10.8 Å². The first-order chi connectivity index (χ1) is 9.95. The van der Waals surface area contributed by atoms with E-state index < -0.39 is 0 Å². The van der Waals surface area contributed by atoms with Crippen molar-refractivity contribution in [2.24, 2.45) is 28.6 Å². The number of fused-ring (bicyclic) bond motifs is 5. The monoisotopic (exact) mass is 282 g/mol. The van der Waals surface area contributed by atoms with Gasteiger partial charge < -0.3 is 0 Å². The lowest BCUT2D eigenvalue weighted by Crippen LogP contribution is -2.49. The fourth-order valence-corrected chi connectivity index (χ4v) is 6.05. The van der Waals surface area contributed by atoms with Crippen LogP contribution in [0.15, 0.2) is 36.0 Å². The van der Waals surface area contributed by atoms with Crippen LogP contribution >= 0.6 is 0 Å². The molecule has 21 heavy (non-hydrogen) atoms. The molecule has 4 aliphatic rings. The van der Waals surface area contributed by atoms with Crippen LogP contribution < -0.4 is 0 Å². The van der Waals surface area contributed by atoms with Crippen molar-refractivity contribution in [3.63, 3.8) is 0 Å². The van der Waals surface area contributed by atoms with E-state index in [1.54, 1.807) is 5.57 Å². The Kier molecular flexibility index (Phi) is 2.72. The second kappa shape index (κ2) is 4.21. The lowest BCUT2D eigenvalue weighted by atomic mass is 9.48. The van der Waals surface area contributed by atoms with E-state index in [9.17, 15) is 4.79 Å². The van der Waals surface area contributed by atoms with Crippen LogP contribution in [0.5, 0.6) is 0 Å². The van der Waals surface area contributed by atoms with Gasteiger partial charge in [-0.25, -0.2) is 0 Å². The molecule has 5 atom stereocenters. The summed E-state index contributed by atoms with van der Waals surface area (Å²) < 4.78 is 0. The largest absolute Gasteiger partial charge is 0.299 e. The number of allylic oxidation sites excluding steroid dienone is 5. The molecule has 5 unspecified atom stereocenters. The normalized spacial score (nSPS) is 48.5. The fraction of sp³-hybridized carbons (Fsp3) is 0.650. The number of rotatable bonds is 0. The van der Waals surface area contributed by atoms with Crippen molar-refractivity contribution in [3.05, 3.63) is 36.0 Å². The van der Waals surface area contributed by atoms with Crippen LogP contribution in [-0.4, -0.2) is 5.78 Å². The Morgan fingerprint density at radius 3 is 2.76 bits per heavy atom. The van der Waals surface area contributed by atoms with E-state index in [1.807, 2.05) is 0 Å². The molecule has 0 saturated heterocycles. The summed E-state index contributed by atoms with van der Waals surface area (Å²) in [4.78, 5) is 12.4. The van der Waals surface area contributed by atoms with Gasteiger partial charge in [-0.1, -0.05) is 44.2 Å². The number of hydrogen-bond donors (Lipinski definition) is 0. The highest BCUT2D eigenvalue weighted by Gasteiger charge is 2.58. The molecule has 1 nitrogen and oxygen atoms in total. The SMILES string of the molecule is C=C1C=CC2(C)C(=C1)CCC1C2CCC2(C)C(=O)CCC12. The van der Waals surface area contributed by atoms with Gasteiger partial charge in [-0.05, 0) is 55.4 Å². The summed E-state index contributed by atoms with van der Waals surface area (Å²) in [6, 6.07) is 0. The molecular weight excluding hydrogens is 256 g/mol. The van der Waals surface area contributed by atoms with Crippen LogP contribution in [0.4, 0.5) is 0 Å². The zero-order valence-electron chi connectivity index (χ0n) is 13.3. The molecule has 0 spiro atoms. The Balaban J connectivity index is 1.72. The van der Waals surface area contributed by atoms with Gasteiger partial charge in [0, 0.05) is 17.3 Å². The predicted molar refractivity (Wildman–Crippen MR) is 85.8 cm³/mol. The average Bonchev–Trinajstić information content (AvgIpc) is 2.76. The van der Waals surface area contributed by atoms with Crippen molar-refractivity contribution in [2.75, 3.05) is 0 Å². The first-order valence-electron chi connectivity index (χ1n) is 8.58. The van der Waals surface area contributed by atoms with Crippen molar-refractivity contribution in [1.82, 2.24) is 0 Å². The lowest BCUT2D eigenvalue weighted by Gasteiger charge is -2.55. The van der Waals surface area contributed by atoms with Crippen molar-refractivity contribution >= 4 is 5.78 Å². The fourth-order valence-electron chi connectivity index (χ4n) is 6.05. The molecule has 112 valence electrons. The van der Waals surface area contributed by atoms with Crippen LogP contribution in [0.2, 0.25) is 0 Å². The number of Topliss-reactive ketones (excluding diaryl/α,β-unsaturated/α-hetero) is 1. The molecule has 1 heteroatoms. The average molecular weight is 282 g/mol. The lowest BCUT2D eigenvalue weighted by molar-refractivity contribution is -0.131. The summed E-state index contributed by atoms with van der Waals surface area (Å²) in [7, 11) is 0. The zero-order chi connectivity index (χ0) is 14.8. The first-order valence-corrected chi connectivity index (χ1v) is 8.58. The molecule has 0 aromatic heterocycles. The Hall–Kier alpha value is -1.11. The first kappa shape index (κ1) is 13.5. The smallest absolute Gasteiger partial charge is 0.139 e. The van der Waals surface area contributed by atoms with E-state index in [0.29, 0.717) is 11.7 Å². The maximum Gasteiger partial charge on any atom is 0.139 e. The van der Waals surface area contributed by atoms with Crippen LogP contribution in [0, 0.1) is 28.6 Å². The summed E-state index contributed by atoms with van der Waals surface area (Å²) in [6.07, 6.45) is 13.7. The third-order valence-electron chi connectivity index (χ3n) is 7.36. The number of ketones is 1. The summed E-state index contributed by atoms with van der Waals surface area (Å²) in [6.45, 7) is 8.79. The Bertz CT molecular complexity index is 581. The van der Waals surface area contributed by atoms with Gasteiger partial charge in [0.1, 0.15) is 5.78 Å². The van der Waals surface area contributed by atoms with Gasteiger partial charge in [0.25, 0.3) is 0 Å². The second-order valence-corrected chi connectivity index (χ2v) is 8.19. The van der Waals surface area contributed by atoms with Crippen molar-refractivity contribution in [1.29, 1.82) is 0 Å². The molecule has 0 radical (unpaired) electrons. The van der Waals surface area contributed by atoms with Gasteiger partial charge in [0.05, 0.1) is 0 Å². The van der Waals surface area contributed by atoms with Gasteiger partial charge in [-0.15, -0.1) is 0 Å². The van der Waals surface area contributed by atoms with E-state index in [2.05, 4.69) is 38.7 Å². The Labute approximate surface area is 128 Å². The van der Waals surface area contributed by atoms with Crippen LogP contribution in [0.3, 0.4) is 0 Å². The van der Waals surface area contributed by atoms with E-state index in [4.69, 9.17) is 0 Å². The van der Waals surface area contributed by atoms with Gasteiger partial charge in [0.15, 0.2) is 0 Å².